The summed E-state index contributed by atoms with van der Waals surface area (Å²) in [5.74, 6) is 1.37. The summed E-state index contributed by atoms with van der Waals surface area (Å²) >= 11 is 0. The molecule has 0 unspecified atom stereocenters. The second-order valence-corrected chi connectivity index (χ2v) is 6.30. The Morgan fingerprint density at radius 2 is 2.06 bits per heavy atom. The van der Waals surface area contributed by atoms with E-state index in [1.54, 1.807) is 0 Å². The lowest BCUT2D eigenvalue weighted by molar-refractivity contribution is -0.119. The first-order valence-corrected chi connectivity index (χ1v) is 7.31. The van der Waals surface area contributed by atoms with E-state index in [0.29, 0.717) is 18.5 Å². The average molecular weight is 253 g/mol. The molecule has 1 saturated carbocycles. The molecule has 1 aliphatic carbocycles. The van der Waals surface area contributed by atoms with E-state index in [9.17, 15) is 4.79 Å². The third kappa shape index (κ3) is 3.95. The Morgan fingerprint density at radius 1 is 1.33 bits per heavy atom. The van der Waals surface area contributed by atoms with Crippen LogP contribution in [0, 0.1) is 11.8 Å². The zero-order valence-corrected chi connectivity index (χ0v) is 11.8. The van der Waals surface area contributed by atoms with Gasteiger partial charge in [0.2, 0.25) is 5.91 Å². The van der Waals surface area contributed by atoms with E-state index >= 15 is 0 Å². The Bertz CT molecular complexity index is 289. The van der Waals surface area contributed by atoms with Gasteiger partial charge < -0.3 is 5.73 Å². The highest BCUT2D eigenvalue weighted by Gasteiger charge is 2.32. The Kier molecular flexibility index (Phi) is 4.62. The Labute approximate surface area is 110 Å². The average Bonchev–Trinajstić information content (AvgIpc) is 3.07. The number of nitrogens with zero attached hydrogens (tertiary/aromatic N) is 2. The quantitative estimate of drug-likeness (QED) is 0.792. The van der Waals surface area contributed by atoms with Gasteiger partial charge in [-0.3, -0.25) is 14.6 Å². The highest BCUT2D eigenvalue weighted by atomic mass is 16.1. The molecule has 1 amide bonds. The van der Waals surface area contributed by atoms with Crippen LogP contribution < -0.4 is 5.73 Å². The molecule has 1 saturated heterocycles. The Hall–Kier alpha value is -0.610. The van der Waals surface area contributed by atoms with Crippen molar-refractivity contribution in [2.45, 2.75) is 39.2 Å². The van der Waals surface area contributed by atoms with Crippen LogP contribution in [0.5, 0.6) is 0 Å². The summed E-state index contributed by atoms with van der Waals surface area (Å²) in [6.07, 6.45) is 3.97. The third-order valence-corrected chi connectivity index (χ3v) is 4.17. The number of hydrogen-bond acceptors (Lipinski definition) is 3. The fraction of sp³-hybridized carbons (Fsp3) is 0.929. The Morgan fingerprint density at radius 3 is 2.61 bits per heavy atom. The van der Waals surface area contributed by atoms with E-state index in [1.807, 2.05) is 0 Å². The number of hydrogen-bond donors (Lipinski definition) is 1. The van der Waals surface area contributed by atoms with Gasteiger partial charge in [0.05, 0.1) is 6.54 Å². The van der Waals surface area contributed by atoms with Crippen molar-refractivity contribution < 1.29 is 4.79 Å². The minimum atomic E-state index is -0.201. The second-order valence-electron chi connectivity index (χ2n) is 6.30. The number of rotatable bonds is 5. The molecule has 0 bridgehead atoms. The number of carbonyl (C=O) groups excluding carboxylic acids is 1. The fourth-order valence-electron chi connectivity index (χ4n) is 2.99. The molecule has 2 N–H and O–H groups in total. The minimum Gasteiger partial charge on any atom is -0.369 e. The van der Waals surface area contributed by atoms with Gasteiger partial charge in [-0.2, -0.15) is 0 Å². The van der Waals surface area contributed by atoms with Crippen molar-refractivity contribution in [2.24, 2.45) is 17.6 Å². The van der Waals surface area contributed by atoms with E-state index in [2.05, 4.69) is 23.6 Å². The molecule has 104 valence electrons. The van der Waals surface area contributed by atoms with Crippen molar-refractivity contribution in [3.63, 3.8) is 0 Å². The SMILES string of the molecule is CC(C)[C@@H]1CN(CC(N)=O)CCCN1CC1CC1. The van der Waals surface area contributed by atoms with Crippen molar-refractivity contribution in [3.05, 3.63) is 0 Å². The summed E-state index contributed by atoms with van der Waals surface area (Å²) in [7, 11) is 0. The van der Waals surface area contributed by atoms with Crippen molar-refractivity contribution in [1.29, 1.82) is 0 Å². The standard InChI is InChI=1S/C14H27N3O/c1-11(2)13-9-16(10-14(15)18)6-3-7-17(13)8-12-4-5-12/h11-13H,3-10H2,1-2H3,(H2,15,18)/t13-/m0/s1. The van der Waals surface area contributed by atoms with E-state index in [-0.39, 0.29) is 5.91 Å². The van der Waals surface area contributed by atoms with E-state index in [0.717, 1.165) is 25.4 Å². The van der Waals surface area contributed by atoms with Crippen LogP contribution in [0.2, 0.25) is 0 Å². The van der Waals surface area contributed by atoms with Crippen molar-refractivity contribution in [2.75, 3.05) is 32.7 Å². The predicted octanol–water partition coefficient (Wildman–Crippen LogP) is 0.914. The van der Waals surface area contributed by atoms with E-state index in [4.69, 9.17) is 5.73 Å². The van der Waals surface area contributed by atoms with E-state index < -0.39 is 0 Å². The molecule has 0 aromatic heterocycles. The summed E-state index contributed by atoms with van der Waals surface area (Å²) in [5.41, 5.74) is 5.33. The monoisotopic (exact) mass is 253 g/mol. The molecule has 2 fully saturated rings. The van der Waals surface area contributed by atoms with Crippen LogP contribution in [0.4, 0.5) is 0 Å². The lowest BCUT2D eigenvalue weighted by Gasteiger charge is -2.34. The predicted molar refractivity (Wildman–Crippen MR) is 73.2 cm³/mol. The molecule has 2 rings (SSSR count). The third-order valence-electron chi connectivity index (χ3n) is 4.17. The number of primary amides is 1. The molecule has 18 heavy (non-hydrogen) atoms. The van der Waals surface area contributed by atoms with Crippen LogP contribution in [0.15, 0.2) is 0 Å². The zero-order chi connectivity index (χ0) is 13.1. The van der Waals surface area contributed by atoms with E-state index in [1.165, 1.54) is 25.9 Å². The zero-order valence-electron chi connectivity index (χ0n) is 11.8. The van der Waals surface area contributed by atoms with Gasteiger partial charge >= 0.3 is 0 Å². The molecule has 0 spiro atoms. The molecule has 2 aliphatic rings. The number of nitrogens with two attached hydrogens (primary N) is 1. The summed E-state index contributed by atoms with van der Waals surface area (Å²) in [6, 6.07) is 0.576. The molecule has 0 radical (unpaired) electrons. The van der Waals surface area contributed by atoms with Gasteiger partial charge in [-0.25, -0.2) is 0 Å². The molecule has 4 heteroatoms. The lowest BCUT2D eigenvalue weighted by Crippen LogP contribution is -2.46. The van der Waals surface area contributed by atoms with Crippen LogP contribution >= 0.6 is 0 Å². The maximum atomic E-state index is 11.1. The molecule has 1 atom stereocenters. The molecular weight excluding hydrogens is 226 g/mol. The molecule has 4 nitrogen and oxygen atoms in total. The van der Waals surface area contributed by atoms with Crippen LogP contribution in [-0.4, -0.2) is 54.5 Å². The van der Waals surface area contributed by atoms with Crippen molar-refractivity contribution in [3.8, 4) is 0 Å². The molecule has 0 aromatic rings. The first-order valence-electron chi connectivity index (χ1n) is 7.31. The number of carbonyl (C=O) groups is 1. The smallest absolute Gasteiger partial charge is 0.231 e. The number of amides is 1. The van der Waals surface area contributed by atoms with Gasteiger partial charge in [0, 0.05) is 19.1 Å². The molecule has 1 aliphatic heterocycles. The summed E-state index contributed by atoms with van der Waals surface area (Å²) in [4.78, 5) is 16.0. The fourth-order valence-corrected chi connectivity index (χ4v) is 2.99. The largest absolute Gasteiger partial charge is 0.369 e. The molecular formula is C14H27N3O. The van der Waals surface area contributed by atoms with Crippen LogP contribution in [0.1, 0.15) is 33.1 Å². The van der Waals surface area contributed by atoms with Crippen LogP contribution in [0.3, 0.4) is 0 Å². The van der Waals surface area contributed by atoms with Crippen molar-refractivity contribution >= 4 is 5.91 Å². The van der Waals surface area contributed by atoms with Gasteiger partial charge in [-0.05, 0) is 44.2 Å². The summed E-state index contributed by atoms with van der Waals surface area (Å²) in [6.45, 7) is 9.43. The molecule has 0 aromatic carbocycles. The minimum absolute atomic E-state index is 0.201. The van der Waals surface area contributed by atoms with Crippen LogP contribution in [0.25, 0.3) is 0 Å². The first-order chi connectivity index (χ1) is 8.56. The highest BCUT2D eigenvalue weighted by molar-refractivity contribution is 5.75. The van der Waals surface area contributed by atoms with Gasteiger partial charge in [0.1, 0.15) is 0 Å². The topological polar surface area (TPSA) is 49.6 Å². The van der Waals surface area contributed by atoms with Gasteiger partial charge in [0.25, 0.3) is 0 Å². The van der Waals surface area contributed by atoms with Crippen molar-refractivity contribution in [1.82, 2.24) is 9.80 Å². The first kappa shape index (κ1) is 13.8. The van der Waals surface area contributed by atoms with Crippen LogP contribution in [-0.2, 0) is 4.79 Å². The van der Waals surface area contributed by atoms with Gasteiger partial charge in [-0.1, -0.05) is 13.8 Å². The highest BCUT2D eigenvalue weighted by Crippen LogP contribution is 2.31. The maximum Gasteiger partial charge on any atom is 0.231 e. The normalized spacial score (nSPS) is 27.4. The maximum absolute atomic E-state index is 11.1. The van der Waals surface area contributed by atoms with Gasteiger partial charge in [-0.15, -0.1) is 0 Å². The Balaban J connectivity index is 1.96. The molecule has 1 heterocycles. The lowest BCUT2D eigenvalue weighted by atomic mass is 10.0. The summed E-state index contributed by atoms with van der Waals surface area (Å²) in [5, 5.41) is 0. The van der Waals surface area contributed by atoms with Gasteiger partial charge in [0.15, 0.2) is 0 Å². The summed E-state index contributed by atoms with van der Waals surface area (Å²) < 4.78 is 0. The second kappa shape index (κ2) is 6.02.